The van der Waals surface area contributed by atoms with Crippen molar-refractivity contribution < 1.29 is 27.4 Å². The molecule has 0 fully saturated rings. The van der Waals surface area contributed by atoms with Gasteiger partial charge in [0.05, 0.1) is 32.1 Å². The van der Waals surface area contributed by atoms with E-state index in [1.807, 2.05) is 0 Å². The number of carbonyl (C=O) groups is 1. The summed E-state index contributed by atoms with van der Waals surface area (Å²) in [5.74, 6) is 1.34. The SMILES string of the molecule is COc1ccc(OCCNC(=O)[C@@H]2CN(S(C)(=O)=O)c3ccccc3O2)cc1. The molecule has 1 atom stereocenters. The second kappa shape index (κ2) is 8.39. The van der Waals surface area contributed by atoms with Gasteiger partial charge < -0.3 is 19.5 Å². The van der Waals surface area contributed by atoms with Crippen molar-refractivity contribution in [2.75, 3.05) is 37.4 Å². The average Bonchev–Trinajstić information content (AvgIpc) is 2.70. The first-order valence-electron chi connectivity index (χ1n) is 8.66. The fourth-order valence-corrected chi connectivity index (χ4v) is 3.70. The predicted molar refractivity (Wildman–Crippen MR) is 105 cm³/mol. The van der Waals surface area contributed by atoms with Gasteiger partial charge in [-0.2, -0.15) is 0 Å². The number of para-hydroxylation sites is 2. The minimum Gasteiger partial charge on any atom is -0.497 e. The third-order valence-corrected chi connectivity index (χ3v) is 5.30. The molecule has 0 unspecified atom stereocenters. The lowest BCUT2D eigenvalue weighted by Gasteiger charge is -2.33. The maximum atomic E-state index is 12.4. The standard InChI is InChI=1S/C19H22N2O6S/c1-25-14-7-9-15(10-8-14)26-12-11-20-19(22)18-13-21(28(2,23)24)16-5-3-4-6-17(16)27-18/h3-10,18H,11-13H2,1-2H3,(H,20,22)/t18-/m0/s1. The Bertz CT molecular complexity index is 930. The normalized spacial score (nSPS) is 15.9. The van der Waals surface area contributed by atoms with Crippen LogP contribution in [-0.4, -0.2) is 53.5 Å². The minimum absolute atomic E-state index is 0.0823. The summed E-state index contributed by atoms with van der Waals surface area (Å²) >= 11 is 0. The summed E-state index contributed by atoms with van der Waals surface area (Å²) < 4.78 is 41.7. The van der Waals surface area contributed by atoms with E-state index in [4.69, 9.17) is 14.2 Å². The molecular weight excluding hydrogens is 384 g/mol. The molecule has 150 valence electrons. The van der Waals surface area contributed by atoms with E-state index in [9.17, 15) is 13.2 Å². The molecule has 0 aromatic heterocycles. The van der Waals surface area contributed by atoms with Crippen LogP contribution in [0.5, 0.6) is 17.2 Å². The van der Waals surface area contributed by atoms with Gasteiger partial charge in [-0.1, -0.05) is 12.1 Å². The van der Waals surface area contributed by atoms with Crippen molar-refractivity contribution >= 4 is 21.6 Å². The summed E-state index contributed by atoms with van der Waals surface area (Å²) in [6.07, 6.45) is 0.165. The highest BCUT2D eigenvalue weighted by Crippen LogP contribution is 2.34. The molecule has 1 aliphatic heterocycles. The number of rotatable bonds is 7. The van der Waals surface area contributed by atoms with Crippen molar-refractivity contribution in [3.05, 3.63) is 48.5 Å². The van der Waals surface area contributed by atoms with Gasteiger partial charge in [0.25, 0.3) is 5.91 Å². The van der Waals surface area contributed by atoms with Crippen LogP contribution in [0, 0.1) is 0 Å². The van der Waals surface area contributed by atoms with Crippen molar-refractivity contribution in [3.8, 4) is 17.2 Å². The quantitative estimate of drug-likeness (QED) is 0.699. The Kier molecular flexibility index (Phi) is 5.93. The Morgan fingerprint density at radius 3 is 2.54 bits per heavy atom. The van der Waals surface area contributed by atoms with E-state index in [0.717, 1.165) is 12.0 Å². The van der Waals surface area contributed by atoms with Crippen molar-refractivity contribution in [1.29, 1.82) is 0 Å². The highest BCUT2D eigenvalue weighted by molar-refractivity contribution is 7.92. The molecule has 0 radical (unpaired) electrons. The number of hydrogen-bond donors (Lipinski definition) is 1. The van der Waals surface area contributed by atoms with Gasteiger partial charge in [-0.25, -0.2) is 8.42 Å². The highest BCUT2D eigenvalue weighted by atomic mass is 32.2. The molecule has 28 heavy (non-hydrogen) atoms. The molecule has 2 aromatic rings. The van der Waals surface area contributed by atoms with Crippen LogP contribution in [0.3, 0.4) is 0 Å². The van der Waals surface area contributed by atoms with Crippen LogP contribution in [0.25, 0.3) is 0 Å². The number of anilines is 1. The molecular formula is C19H22N2O6S. The fourth-order valence-electron chi connectivity index (χ4n) is 2.78. The Morgan fingerprint density at radius 1 is 1.18 bits per heavy atom. The minimum atomic E-state index is -3.53. The third-order valence-electron chi connectivity index (χ3n) is 4.16. The number of fused-ring (bicyclic) bond motifs is 1. The van der Waals surface area contributed by atoms with Crippen LogP contribution in [0.15, 0.2) is 48.5 Å². The Balaban J connectivity index is 1.55. The van der Waals surface area contributed by atoms with E-state index in [1.54, 1.807) is 55.6 Å². The van der Waals surface area contributed by atoms with Crippen molar-refractivity contribution in [3.63, 3.8) is 0 Å². The molecule has 0 bridgehead atoms. The molecule has 0 saturated heterocycles. The maximum Gasteiger partial charge on any atom is 0.263 e. The zero-order valence-corrected chi connectivity index (χ0v) is 16.4. The van der Waals surface area contributed by atoms with E-state index in [2.05, 4.69) is 5.32 Å². The first-order valence-corrected chi connectivity index (χ1v) is 10.5. The van der Waals surface area contributed by atoms with Crippen LogP contribution in [-0.2, 0) is 14.8 Å². The van der Waals surface area contributed by atoms with Gasteiger partial charge in [0.1, 0.15) is 23.9 Å². The highest BCUT2D eigenvalue weighted by Gasteiger charge is 2.34. The molecule has 1 N–H and O–H groups in total. The van der Waals surface area contributed by atoms with E-state index >= 15 is 0 Å². The first kappa shape index (κ1) is 19.8. The monoisotopic (exact) mass is 406 g/mol. The zero-order chi connectivity index (χ0) is 20.1. The average molecular weight is 406 g/mol. The predicted octanol–water partition coefficient (Wildman–Crippen LogP) is 1.42. The molecule has 1 heterocycles. The topological polar surface area (TPSA) is 94.2 Å². The number of nitrogens with one attached hydrogen (secondary N) is 1. The van der Waals surface area contributed by atoms with Crippen molar-refractivity contribution in [2.45, 2.75) is 6.10 Å². The maximum absolute atomic E-state index is 12.4. The molecule has 8 nitrogen and oxygen atoms in total. The molecule has 0 spiro atoms. The number of amides is 1. The van der Waals surface area contributed by atoms with Gasteiger partial charge in [0.2, 0.25) is 10.0 Å². The zero-order valence-electron chi connectivity index (χ0n) is 15.6. The number of ether oxygens (including phenoxy) is 3. The van der Waals surface area contributed by atoms with Gasteiger partial charge >= 0.3 is 0 Å². The molecule has 9 heteroatoms. The summed E-state index contributed by atoms with van der Waals surface area (Å²) in [7, 11) is -1.95. The lowest BCUT2D eigenvalue weighted by Crippen LogP contribution is -2.51. The lowest BCUT2D eigenvalue weighted by molar-refractivity contribution is -0.127. The van der Waals surface area contributed by atoms with Crippen molar-refractivity contribution in [1.82, 2.24) is 5.32 Å². The van der Waals surface area contributed by atoms with Gasteiger partial charge in [-0.3, -0.25) is 9.10 Å². The number of nitrogens with zero attached hydrogens (tertiary/aromatic N) is 1. The first-order chi connectivity index (χ1) is 13.4. The van der Waals surface area contributed by atoms with Gasteiger partial charge in [0.15, 0.2) is 6.10 Å². The largest absolute Gasteiger partial charge is 0.497 e. The summed E-state index contributed by atoms with van der Waals surface area (Å²) in [5.41, 5.74) is 0.428. The molecule has 0 saturated carbocycles. The Morgan fingerprint density at radius 2 is 1.86 bits per heavy atom. The number of benzene rings is 2. The van der Waals surface area contributed by atoms with E-state index in [1.165, 1.54) is 4.31 Å². The van der Waals surface area contributed by atoms with Crippen LogP contribution >= 0.6 is 0 Å². The second-order valence-electron chi connectivity index (χ2n) is 6.18. The molecule has 0 aliphatic carbocycles. The van der Waals surface area contributed by atoms with Crippen LogP contribution in [0.4, 0.5) is 5.69 Å². The molecule has 2 aromatic carbocycles. The van der Waals surface area contributed by atoms with Gasteiger partial charge in [0, 0.05) is 0 Å². The van der Waals surface area contributed by atoms with Gasteiger partial charge in [-0.05, 0) is 36.4 Å². The Hall–Kier alpha value is -2.94. The molecule has 1 aliphatic rings. The van der Waals surface area contributed by atoms with Gasteiger partial charge in [-0.15, -0.1) is 0 Å². The Labute approximate surface area is 164 Å². The van der Waals surface area contributed by atoms with E-state index in [0.29, 0.717) is 17.2 Å². The fraction of sp³-hybridized carbons (Fsp3) is 0.316. The van der Waals surface area contributed by atoms with E-state index < -0.39 is 22.0 Å². The third kappa shape index (κ3) is 4.66. The number of sulfonamides is 1. The summed E-state index contributed by atoms with van der Waals surface area (Å²) in [6, 6.07) is 13.8. The van der Waals surface area contributed by atoms with Crippen LogP contribution < -0.4 is 23.8 Å². The summed E-state index contributed by atoms with van der Waals surface area (Å²) in [5, 5.41) is 2.71. The smallest absolute Gasteiger partial charge is 0.263 e. The van der Waals surface area contributed by atoms with Crippen molar-refractivity contribution in [2.24, 2.45) is 0 Å². The summed E-state index contributed by atoms with van der Waals surface area (Å²) in [6.45, 7) is 0.434. The molecule has 1 amide bonds. The number of carbonyl (C=O) groups excluding carboxylic acids is 1. The summed E-state index contributed by atoms with van der Waals surface area (Å²) in [4.78, 5) is 12.4. The van der Waals surface area contributed by atoms with E-state index in [-0.39, 0.29) is 19.7 Å². The van der Waals surface area contributed by atoms with Crippen LogP contribution in [0.1, 0.15) is 0 Å². The number of hydrogen-bond acceptors (Lipinski definition) is 6. The second-order valence-corrected chi connectivity index (χ2v) is 8.09. The van der Waals surface area contributed by atoms with Crippen LogP contribution in [0.2, 0.25) is 0 Å². The lowest BCUT2D eigenvalue weighted by atomic mass is 10.2. The molecule has 3 rings (SSSR count). The number of methoxy groups -OCH3 is 1.